The lowest BCUT2D eigenvalue weighted by atomic mass is 10.0. The molecule has 2 heterocycles. The van der Waals surface area contributed by atoms with Crippen LogP contribution in [0.1, 0.15) is 19.4 Å². The second-order valence-corrected chi connectivity index (χ2v) is 7.96. The number of hydrogen-bond donors (Lipinski definition) is 0. The maximum atomic E-state index is 13.2. The highest BCUT2D eigenvalue weighted by Gasteiger charge is 2.49. The van der Waals surface area contributed by atoms with E-state index in [1.807, 2.05) is 35.2 Å². The van der Waals surface area contributed by atoms with E-state index >= 15 is 0 Å². The molecule has 5 nitrogen and oxygen atoms in total. The summed E-state index contributed by atoms with van der Waals surface area (Å²) in [5.41, 5.74) is 1.23. The molecule has 0 N–H and O–H groups in total. The molecule has 2 aromatic carbocycles. The van der Waals surface area contributed by atoms with Crippen LogP contribution in [0.3, 0.4) is 0 Å². The molecule has 0 radical (unpaired) electrons. The smallest absolute Gasteiger partial charge is 0.406 e. The third kappa shape index (κ3) is 3.93. The number of halogens is 3. The van der Waals surface area contributed by atoms with Crippen LogP contribution in [0.25, 0.3) is 10.9 Å². The van der Waals surface area contributed by atoms with E-state index in [0.717, 1.165) is 28.6 Å². The number of aromatic nitrogens is 1. The van der Waals surface area contributed by atoms with Crippen molar-refractivity contribution in [2.75, 3.05) is 4.90 Å². The summed E-state index contributed by atoms with van der Waals surface area (Å²) in [5, 5.41) is 1.24. The predicted molar refractivity (Wildman–Crippen MR) is 115 cm³/mol. The van der Waals surface area contributed by atoms with Crippen molar-refractivity contribution in [1.82, 2.24) is 9.88 Å². The number of alkyl halides is 3. The highest BCUT2D eigenvalue weighted by Crippen LogP contribution is 2.35. The van der Waals surface area contributed by atoms with E-state index in [0.29, 0.717) is 12.2 Å². The number of nitrogens with zero attached hydrogens (tertiary/aromatic N) is 3. The summed E-state index contributed by atoms with van der Waals surface area (Å²) >= 11 is 5.62. The molecule has 0 bridgehead atoms. The zero-order valence-corrected chi connectivity index (χ0v) is 17.5. The van der Waals surface area contributed by atoms with Gasteiger partial charge in [0.1, 0.15) is 11.3 Å². The highest BCUT2D eigenvalue weighted by atomic mass is 32.1. The lowest BCUT2D eigenvalue weighted by Crippen LogP contribution is -2.43. The lowest BCUT2D eigenvalue weighted by Gasteiger charge is -2.29. The first-order valence-electron chi connectivity index (χ1n) is 9.42. The van der Waals surface area contributed by atoms with E-state index < -0.39 is 11.9 Å². The van der Waals surface area contributed by atoms with E-state index in [2.05, 4.69) is 9.72 Å². The zero-order chi connectivity index (χ0) is 22.4. The molecule has 1 aromatic heterocycles. The van der Waals surface area contributed by atoms with Crippen molar-refractivity contribution < 1.29 is 22.7 Å². The Morgan fingerprint density at radius 1 is 1.06 bits per heavy atom. The van der Waals surface area contributed by atoms with Crippen LogP contribution < -0.4 is 9.64 Å². The SMILES string of the molecule is CC1(C)C(=O)N(c2ccc(OC(F)(F)F)cc2)C(=S)N1Cc1ccnc2ccccc12. The van der Waals surface area contributed by atoms with Gasteiger partial charge in [-0.25, -0.2) is 0 Å². The van der Waals surface area contributed by atoms with Crippen molar-refractivity contribution in [2.24, 2.45) is 0 Å². The number of rotatable bonds is 4. The van der Waals surface area contributed by atoms with E-state index in [4.69, 9.17) is 12.2 Å². The van der Waals surface area contributed by atoms with Gasteiger partial charge in [-0.15, -0.1) is 13.2 Å². The van der Waals surface area contributed by atoms with Gasteiger partial charge in [-0.05, 0) is 68.0 Å². The van der Waals surface area contributed by atoms with Crippen molar-refractivity contribution >= 4 is 39.8 Å². The molecule has 4 rings (SSSR count). The Kier molecular flexibility index (Phi) is 5.09. The van der Waals surface area contributed by atoms with Crippen molar-refractivity contribution in [2.45, 2.75) is 32.3 Å². The van der Waals surface area contributed by atoms with Gasteiger partial charge in [-0.1, -0.05) is 18.2 Å². The molecule has 160 valence electrons. The molecule has 1 fully saturated rings. The molecule has 1 amide bonds. The standard InChI is InChI=1S/C22H18F3N3O2S/c1-21(2)19(29)28(15-7-9-16(10-8-15)30-22(23,24)25)20(31)27(21)13-14-11-12-26-18-6-4-3-5-17(14)18/h3-12H,13H2,1-2H3. The van der Waals surface area contributed by atoms with Crippen LogP contribution in [0.5, 0.6) is 5.75 Å². The third-order valence-corrected chi connectivity index (χ3v) is 5.62. The second-order valence-electron chi connectivity index (χ2n) is 7.60. The van der Waals surface area contributed by atoms with Crippen molar-refractivity contribution in [3.63, 3.8) is 0 Å². The first-order chi connectivity index (χ1) is 14.6. The van der Waals surface area contributed by atoms with Gasteiger partial charge < -0.3 is 9.64 Å². The van der Waals surface area contributed by atoms with Crippen LogP contribution in [-0.2, 0) is 11.3 Å². The van der Waals surface area contributed by atoms with Crippen LogP contribution >= 0.6 is 12.2 Å². The van der Waals surface area contributed by atoms with E-state index in [-0.39, 0.29) is 16.8 Å². The summed E-state index contributed by atoms with van der Waals surface area (Å²) < 4.78 is 41.2. The molecule has 0 spiro atoms. The molecule has 3 aromatic rings. The van der Waals surface area contributed by atoms with Gasteiger partial charge >= 0.3 is 6.36 Å². The Labute approximate surface area is 182 Å². The number of benzene rings is 2. The van der Waals surface area contributed by atoms with E-state index in [1.54, 1.807) is 20.0 Å². The predicted octanol–water partition coefficient (Wildman–Crippen LogP) is 5.05. The minimum atomic E-state index is -4.79. The maximum Gasteiger partial charge on any atom is 0.573 e. The molecule has 1 aliphatic rings. The Morgan fingerprint density at radius 2 is 1.74 bits per heavy atom. The first kappa shape index (κ1) is 21.0. The number of pyridine rings is 1. The molecular formula is C22H18F3N3O2S. The number of fused-ring (bicyclic) bond motifs is 1. The van der Waals surface area contributed by atoms with Gasteiger partial charge in [-0.2, -0.15) is 0 Å². The van der Waals surface area contributed by atoms with Crippen LogP contribution in [0.4, 0.5) is 18.9 Å². The van der Waals surface area contributed by atoms with Crippen LogP contribution in [-0.4, -0.2) is 32.8 Å². The Hall–Kier alpha value is -3.20. The number of hydrogen-bond acceptors (Lipinski definition) is 4. The number of carbonyl (C=O) groups excluding carboxylic acids is 1. The van der Waals surface area contributed by atoms with E-state index in [1.165, 1.54) is 17.0 Å². The fraction of sp³-hybridized carbons (Fsp3) is 0.227. The van der Waals surface area contributed by atoms with Gasteiger partial charge in [-0.3, -0.25) is 14.7 Å². The highest BCUT2D eigenvalue weighted by molar-refractivity contribution is 7.80. The van der Waals surface area contributed by atoms with Crippen LogP contribution in [0.2, 0.25) is 0 Å². The zero-order valence-electron chi connectivity index (χ0n) is 16.7. The normalized spacial score (nSPS) is 16.3. The van der Waals surface area contributed by atoms with Gasteiger partial charge in [0, 0.05) is 18.1 Å². The summed E-state index contributed by atoms with van der Waals surface area (Å²) in [4.78, 5) is 20.7. The lowest BCUT2D eigenvalue weighted by molar-refractivity contribution is -0.274. The summed E-state index contributed by atoms with van der Waals surface area (Å²) in [7, 11) is 0. The number of carbonyl (C=O) groups is 1. The Balaban J connectivity index is 1.64. The fourth-order valence-electron chi connectivity index (χ4n) is 3.59. The molecule has 1 saturated heterocycles. The molecular weight excluding hydrogens is 427 g/mol. The molecule has 0 unspecified atom stereocenters. The first-order valence-corrected chi connectivity index (χ1v) is 9.83. The minimum Gasteiger partial charge on any atom is -0.406 e. The molecule has 31 heavy (non-hydrogen) atoms. The average molecular weight is 445 g/mol. The number of amides is 1. The molecule has 0 saturated carbocycles. The quantitative estimate of drug-likeness (QED) is 0.526. The number of anilines is 1. The molecule has 0 atom stereocenters. The number of para-hydroxylation sites is 1. The number of ether oxygens (including phenoxy) is 1. The van der Waals surface area contributed by atoms with Crippen molar-refractivity contribution in [3.8, 4) is 5.75 Å². The minimum absolute atomic E-state index is 0.264. The molecule has 9 heteroatoms. The topological polar surface area (TPSA) is 45.7 Å². The van der Waals surface area contributed by atoms with Crippen LogP contribution in [0, 0.1) is 0 Å². The largest absolute Gasteiger partial charge is 0.573 e. The van der Waals surface area contributed by atoms with Gasteiger partial charge in [0.15, 0.2) is 5.11 Å². The number of thiocarbonyl (C=S) groups is 1. The molecule has 1 aliphatic heterocycles. The van der Waals surface area contributed by atoms with Gasteiger partial charge in [0.05, 0.1) is 11.2 Å². The summed E-state index contributed by atoms with van der Waals surface area (Å²) in [6.45, 7) is 3.92. The Bertz CT molecular complexity index is 1160. The summed E-state index contributed by atoms with van der Waals surface area (Å²) in [5.74, 6) is -0.631. The summed E-state index contributed by atoms with van der Waals surface area (Å²) in [6, 6.07) is 14.7. The fourth-order valence-corrected chi connectivity index (χ4v) is 4.07. The third-order valence-electron chi connectivity index (χ3n) is 5.22. The average Bonchev–Trinajstić information content (AvgIpc) is 2.87. The Morgan fingerprint density at radius 3 is 2.42 bits per heavy atom. The molecule has 0 aliphatic carbocycles. The van der Waals surface area contributed by atoms with Gasteiger partial charge in [0.2, 0.25) is 0 Å². The van der Waals surface area contributed by atoms with Crippen molar-refractivity contribution in [1.29, 1.82) is 0 Å². The van der Waals surface area contributed by atoms with Crippen LogP contribution in [0.15, 0.2) is 60.8 Å². The van der Waals surface area contributed by atoms with E-state index in [9.17, 15) is 18.0 Å². The second kappa shape index (κ2) is 7.49. The maximum absolute atomic E-state index is 13.2. The summed E-state index contributed by atoms with van der Waals surface area (Å²) in [6.07, 6.45) is -3.07. The monoisotopic (exact) mass is 445 g/mol. The van der Waals surface area contributed by atoms with Gasteiger partial charge in [0.25, 0.3) is 5.91 Å². The van der Waals surface area contributed by atoms with Crippen molar-refractivity contribution in [3.05, 3.63) is 66.4 Å².